The second-order valence-corrected chi connectivity index (χ2v) is 5.08. The summed E-state index contributed by atoms with van der Waals surface area (Å²) in [5.74, 6) is 1.01. The average Bonchev–Trinajstić information content (AvgIpc) is 3.09. The van der Waals surface area contributed by atoms with Crippen LogP contribution in [0.15, 0.2) is 36.8 Å². The van der Waals surface area contributed by atoms with Gasteiger partial charge in [0, 0.05) is 36.5 Å². The summed E-state index contributed by atoms with van der Waals surface area (Å²) >= 11 is 0. The van der Waals surface area contributed by atoms with Gasteiger partial charge in [-0.05, 0) is 24.6 Å². The van der Waals surface area contributed by atoms with Crippen LogP contribution in [0.5, 0.6) is 5.75 Å². The summed E-state index contributed by atoms with van der Waals surface area (Å²) in [7, 11) is 3.57. The van der Waals surface area contributed by atoms with Crippen LogP contribution in [0.3, 0.4) is 0 Å². The maximum atomic E-state index is 12.2. The molecule has 1 aliphatic rings. The Morgan fingerprint density at radius 3 is 3.05 bits per heavy atom. The Balaban J connectivity index is 1.65. The fourth-order valence-corrected chi connectivity index (χ4v) is 2.42. The number of benzene rings is 1. The maximum Gasteiger partial charge on any atom is 0.251 e. The minimum atomic E-state index is -0.0569. The zero-order chi connectivity index (χ0) is 14.1. The highest BCUT2D eigenvalue weighted by molar-refractivity contribution is 5.95. The fourth-order valence-electron chi connectivity index (χ4n) is 2.42. The molecule has 104 valence electrons. The van der Waals surface area contributed by atoms with E-state index in [9.17, 15) is 4.79 Å². The molecule has 1 heterocycles. The third kappa shape index (κ3) is 2.39. The van der Waals surface area contributed by atoms with Crippen molar-refractivity contribution in [2.45, 2.75) is 18.4 Å². The smallest absolute Gasteiger partial charge is 0.251 e. The molecule has 0 spiro atoms. The van der Waals surface area contributed by atoms with Crippen LogP contribution in [-0.2, 0) is 7.05 Å². The highest BCUT2D eigenvalue weighted by Gasteiger charge is 2.41. The van der Waals surface area contributed by atoms with Crippen molar-refractivity contribution in [1.82, 2.24) is 14.9 Å². The lowest BCUT2D eigenvalue weighted by Gasteiger charge is -2.06. The van der Waals surface area contributed by atoms with Crippen molar-refractivity contribution in [1.29, 1.82) is 0 Å². The largest absolute Gasteiger partial charge is 0.497 e. The van der Waals surface area contributed by atoms with Gasteiger partial charge in [0.2, 0.25) is 0 Å². The van der Waals surface area contributed by atoms with Crippen molar-refractivity contribution in [2.75, 3.05) is 7.11 Å². The van der Waals surface area contributed by atoms with Gasteiger partial charge in [-0.15, -0.1) is 0 Å². The predicted octanol–water partition coefficient (Wildman–Crippen LogP) is 1.71. The molecule has 2 aromatic rings. The minimum absolute atomic E-state index is 0.0569. The Bertz CT molecular complexity index is 636. The minimum Gasteiger partial charge on any atom is -0.497 e. The number of amides is 1. The van der Waals surface area contributed by atoms with Crippen molar-refractivity contribution < 1.29 is 9.53 Å². The highest BCUT2D eigenvalue weighted by atomic mass is 16.5. The zero-order valence-corrected chi connectivity index (χ0v) is 11.5. The Labute approximate surface area is 117 Å². The summed E-state index contributed by atoms with van der Waals surface area (Å²) in [4.78, 5) is 16.3. The number of imidazole rings is 1. The van der Waals surface area contributed by atoms with E-state index < -0.39 is 0 Å². The molecule has 1 N–H and O–H groups in total. The lowest BCUT2D eigenvalue weighted by atomic mass is 10.2. The van der Waals surface area contributed by atoms with E-state index in [1.165, 1.54) is 5.69 Å². The molecule has 1 fully saturated rings. The van der Waals surface area contributed by atoms with Crippen LogP contribution in [0.25, 0.3) is 0 Å². The SMILES string of the molecule is COc1cccc(C(=O)N[C@@H]2C[C@H]2c2cncn2C)c1. The monoisotopic (exact) mass is 271 g/mol. The molecule has 2 atom stereocenters. The third-order valence-electron chi connectivity index (χ3n) is 3.67. The molecule has 0 aliphatic heterocycles. The second kappa shape index (κ2) is 5.00. The quantitative estimate of drug-likeness (QED) is 0.921. The molecule has 1 amide bonds. The molecule has 5 heteroatoms. The van der Waals surface area contributed by atoms with Crippen LogP contribution in [-0.4, -0.2) is 28.6 Å². The van der Waals surface area contributed by atoms with Crippen LogP contribution >= 0.6 is 0 Å². The van der Waals surface area contributed by atoms with Crippen LogP contribution in [0.4, 0.5) is 0 Å². The summed E-state index contributed by atoms with van der Waals surface area (Å²) < 4.78 is 7.13. The molecular formula is C15H17N3O2. The number of hydrogen-bond acceptors (Lipinski definition) is 3. The number of carbonyl (C=O) groups is 1. The lowest BCUT2D eigenvalue weighted by molar-refractivity contribution is 0.0950. The summed E-state index contributed by atoms with van der Waals surface area (Å²) in [6.45, 7) is 0. The Morgan fingerprint density at radius 2 is 2.35 bits per heavy atom. The second-order valence-electron chi connectivity index (χ2n) is 5.08. The average molecular weight is 271 g/mol. The molecule has 1 saturated carbocycles. The molecule has 1 aromatic carbocycles. The lowest BCUT2D eigenvalue weighted by Crippen LogP contribution is -2.26. The maximum absolute atomic E-state index is 12.2. The van der Waals surface area contributed by atoms with E-state index in [0.29, 0.717) is 17.2 Å². The number of nitrogens with one attached hydrogen (secondary N) is 1. The Hall–Kier alpha value is -2.30. The summed E-state index contributed by atoms with van der Waals surface area (Å²) in [6.07, 6.45) is 4.62. The van der Waals surface area contributed by atoms with Crippen molar-refractivity contribution in [3.05, 3.63) is 48.0 Å². The number of hydrogen-bond donors (Lipinski definition) is 1. The van der Waals surface area contributed by atoms with Crippen molar-refractivity contribution >= 4 is 5.91 Å². The van der Waals surface area contributed by atoms with E-state index in [-0.39, 0.29) is 11.9 Å². The molecule has 1 aliphatic carbocycles. The first-order valence-corrected chi connectivity index (χ1v) is 6.60. The van der Waals surface area contributed by atoms with E-state index in [1.807, 2.05) is 29.9 Å². The zero-order valence-electron chi connectivity index (χ0n) is 11.5. The van der Waals surface area contributed by atoms with Crippen LogP contribution in [0.2, 0.25) is 0 Å². The molecule has 20 heavy (non-hydrogen) atoms. The summed E-state index contributed by atoms with van der Waals surface area (Å²) in [5, 5.41) is 3.05. The number of carbonyl (C=O) groups excluding carboxylic acids is 1. The van der Waals surface area contributed by atoms with Crippen molar-refractivity contribution in [3.8, 4) is 5.75 Å². The van der Waals surface area contributed by atoms with Gasteiger partial charge in [-0.3, -0.25) is 4.79 Å². The van der Waals surface area contributed by atoms with Gasteiger partial charge in [0.15, 0.2) is 0 Å². The molecule has 0 bridgehead atoms. The molecule has 5 nitrogen and oxygen atoms in total. The van der Waals surface area contributed by atoms with E-state index in [1.54, 1.807) is 25.6 Å². The molecule has 3 rings (SSSR count). The molecule has 0 unspecified atom stereocenters. The van der Waals surface area contributed by atoms with Gasteiger partial charge >= 0.3 is 0 Å². The van der Waals surface area contributed by atoms with Crippen LogP contribution in [0.1, 0.15) is 28.4 Å². The predicted molar refractivity (Wildman–Crippen MR) is 74.8 cm³/mol. The normalized spacial score (nSPS) is 20.5. The number of aromatic nitrogens is 2. The van der Waals surface area contributed by atoms with Crippen LogP contribution < -0.4 is 10.1 Å². The first-order valence-electron chi connectivity index (χ1n) is 6.60. The first-order chi connectivity index (χ1) is 9.69. The van der Waals surface area contributed by atoms with Crippen molar-refractivity contribution in [2.24, 2.45) is 7.05 Å². The Kier molecular flexibility index (Phi) is 3.18. The van der Waals surface area contributed by atoms with Gasteiger partial charge in [0.25, 0.3) is 5.91 Å². The van der Waals surface area contributed by atoms with Crippen molar-refractivity contribution in [3.63, 3.8) is 0 Å². The third-order valence-corrected chi connectivity index (χ3v) is 3.67. The number of aryl methyl sites for hydroxylation is 1. The van der Waals surface area contributed by atoms with E-state index in [0.717, 1.165) is 6.42 Å². The fraction of sp³-hybridized carbons (Fsp3) is 0.333. The number of nitrogens with zero attached hydrogens (tertiary/aromatic N) is 2. The van der Waals surface area contributed by atoms with Gasteiger partial charge in [0.1, 0.15) is 5.75 Å². The topological polar surface area (TPSA) is 56.1 Å². The number of methoxy groups -OCH3 is 1. The van der Waals surface area contributed by atoms with Gasteiger partial charge < -0.3 is 14.6 Å². The first kappa shape index (κ1) is 12.7. The van der Waals surface area contributed by atoms with Gasteiger partial charge in [0.05, 0.1) is 13.4 Å². The van der Waals surface area contributed by atoms with Gasteiger partial charge in [-0.1, -0.05) is 6.07 Å². The summed E-state index contributed by atoms with van der Waals surface area (Å²) in [6, 6.07) is 7.38. The molecule has 0 radical (unpaired) electrons. The molecular weight excluding hydrogens is 254 g/mol. The molecule has 1 aromatic heterocycles. The molecule has 0 saturated heterocycles. The van der Waals surface area contributed by atoms with Gasteiger partial charge in [-0.25, -0.2) is 4.98 Å². The number of rotatable bonds is 4. The van der Waals surface area contributed by atoms with E-state index in [2.05, 4.69) is 10.3 Å². The van der Waals surface area contributed by atoms with E-state index >= 15 is 0 Å². The summed E-state index contributed by atoms with van der Waals surface area (Å²) in [5.41, 5.74) is 1.79. The van der Waals surface area contributed by atoms with Gasteiger partial charge in [-0.2, -0.15) is 0 Å². The number of ether oxygens (including phenoxy) is 1. The van der Waals surface area contributed by atoms with E-state index in [4.69, 9.17) is 4.74 Å². The van der Waals surface area contributed by atoms with Crippen LogP contribution in [0, 0.1) is 0 Å². The highest BCUT2D eigenvalue weighted by Crippen LogP contribution is 2.40. The standard InChI is InChI=1S/C15H17N3O2/c1-18-9-16-8-14(18)12-7-13(12)17-15(19)10-4-3-5-11(6-10)20-2/h3-6,8-9,12-13H,7H2,1-2H3,(H,17,19)/t12-,13-/m1/s1. The Morgan fingerprint density at radius 1 is 1.50 bits per heavy atom.